The maximum Gasteiger partial charge on any atom is 0.410 e. The first kappa shape index (κ1) is 19.0. The van der Waals surface area contributed by atoms with E-state index >= 15 is 0 Å². The van der Waals surface area contributed by atoms with Crippen molar-refractivity contribution in [3.05, 3.63) is 54.0 Å². The number of carbonyl (C=O) groups excluding carboxylic acids is 2. The first-order valence-electron chi connectivity index (χ1n) is 8.97. The molecule has 0 radical (unpaired) electrons. The fraction of sp³-hybridized carbons (Fsp3) is 0.381. The van der Waals surface area contributed by atoms with E-state index in [0.717, 1.165) is 0 Å². The molecule has 1 aliphatic rings. The number of rotatable bonds is 3. The Labute approximate surface area is 158 Å². The molecule has 1 aliphatic heterocycles. The summed E-state index contributed by atoms with van der Waals surface area (Å²) >= 11 is 0. The van der Waals surface area contributed by atoms with Crippen LogP contribution in [0.15, 0.2) is 42.5 Å². The molecule has 1 fully saturated rings. The van der Waals surface area contributed by atoms with Gasteiger partial charge in [0.15, 0.2) is 5.78 Å². The number of carbonyl (C=O) groups is 2. The predicted octanol–water partition coefficient (Wildman–Crippen LogP) is 4.01. The zero-order valence-corrected chi connectivity index (χ0v) is 15.7. The molecule has 0 spiro atoms. The van der Waals surface area contributed by atoms with Crippen molar-refractivity contribution in [2.24, 2.45) is 0 Å². The van der Waals surface area contributed by atoms with Gasteiger partial charge in [-0.25, -0.2) is 9.18 Å². The fourth-order valence-corrected chi connectivity index (χ4v) is 3.09. The number of hydrogen-bond acceptors (Lipinski definition) is 4. The lowest BCUT2D eigenvalue weighted by molar-refractivity contribution is -0.120. The molecular formula is C21H23FN2O3. The molecular weight excluding hydrogens is 347 g/mol. The van der Waals surface area contributed by atoms with Crippen molar-refractivity contribution in [1.82, 2.24) is 9.88 Å². The van der Waals surface area contributed by atoms with Gasteiger partial charge in [-0.3, -0.25) is 14.7 Å². The second-order valence-electron chi connectivity index (χ2n) is 7.63. The molecule has 6 heteroatoms. The number of halogens is 1. The van der Waals surface area contributed by atoms with Crippen LogP contribution in [0.3, 0.4) is 0 Å². The maximum atomic E-state index is 13.5. The largest absolute Gasteiger partial charge is 0.444 e. The number of Topliss-reactive ketones (excluding diaryl/α,β-unsaturated/α-hetero) is 1. The van der Waals surface area contributed by atoms with Crippen molar-refractivity contribution in [3.63, 3.8) is 0 Å². The summed E-state index contributed by atoms with van der Waals surface area (Å²) < 4.78 is 18.9. The molecule has 1 saturated heterocycles. The molecule has 2 aromatic rings. The van der Waals surface area contributed by atoms with E-state index in [-0.39, 0.29) is 11.6 Å². The first-order valence-corrected chi connectivity index (χ1v) is 8.97. The summed E-state index contributed by atoms with van der Waals surface area (Å²) in [7, 11) is 0. The summed E-state index contributed by atoms with van der Waals surface area (Å²) in [6, 6.07) is 11.0. The van der Waals surface area contributed by atoms with E-state index in [1.807, 2.05) is 12.1 Å². The molecule has 2 heterocycles. The molecule has 142 valence electrons. The van der Waals surface area contributed by atoms with Gasteiger partial charge in [0.2, 0.25) is 0 Å². The van der Waals surface area contributed by atoms with Gasteiger partial charge in [-0.05, 0) is 45.0 Å². The average Bonchev–Trinajstić information content (AvgIpc) is 2.95. The van der Waals surface area contributed by atoms with Crippen molar-refractivity contribution >= 4 is 11.9 Å². The van der Waals surface area contributed by atoms with Crippen LogP contribution in [0.5, 0.6) is 0 Å². The summed E-state index contributed by atoms with van der Waals surface area (Å²) in [4.78, 5) is 30.8. The molecule has 0 aliphatic carbocycles. The highest BCUT2D eigenvalue weighted by atomic mass is 19.1. The maximum absolute atomic E-state index is 13.5. The first-order chi connectivity index (χ1) is 12.7. The zero-order valence-electron chi connectivity index (χ0n) is 15.7. The smallest absolute Gasteiger partial charge is 0.410 e. The Kier molecular flexibility index (Phi) is 5.26. The lowest BCUT2D eigenvalue weighted by Gasteiger charge is -2.27. The average molecular weight is 370 g/mol. The Morgan fingerprint density at radius 1 is 1.26 bits per heavy atom. The van der Waals surface area contributed by atoms with Crippen LogP contribution < -0.4 is 0 Å². The van der Waals surface area contributed by atoms with Gasteiger partial charge >= 0.3 is 6.09 Å². The van der Waals surface area contributed by atoms with Crippen LogP contribution in [-0.2, 0) is 16.0 Å². The van der Waals surface area contributed by atoms with E-state index in [1.54, 1.807) is 39.0 Å². The Hall–Kier alpha value is -2.76. The number of benzene rings is 1. The third-order valence-electron chi connectivity index (χ3n) is 4.30. The Bertz CT molecular complexity index is 861. The van der Waals surface area contributed by atoms with Crippen molar-refractivity contribution in [2.75, 3.05) is 6.54 Å². The van der Waals surface area contributed by atoms with Crippen molar-refractivity contribution < 1.29 is 18.7 Å². The van der Waals surface area contributed by atoms with E-state index in [2.05, 4.69) is 4.98 Å². The highest BCUT2D eigenvalue weighted by Crippen LogP contribution is 2.23. The number of ether oxygens (including phenoxy) is 1. The van der Waals surface area contributed by atoms with Gasteiger partial charge in [0.25, 0.3) is 0 Å². The highest BCUT2D eigenvalue weighted by Gasteiger charge is 2.38. The van der Waals surface area contributed by atoms with Gasteiger partial charge in [-0.2, -0.15) is 0 Å². The van der Waals surface area contributed by atoms with E-state index in [9.17, 15) is 14.0 Å². The molecule has 1 aromatic heterocycles. The number of amides is 1. The second kappa shape index (κ2) is 7.47. The Morgan fingerprint density at radius 3 is 2.70 bits per heavy atom. The molecule has 0 bridgehead atoms. The molecule has 3 rings (SSSR count). The summed E-state index contributed by atoms with van der Waals surface area (Å²) in [5, 5.41) is 0. The number of hydrogen-bond donors (Lipinski definition) is 0. The highest BCUT2D eigenvalue weighted by molar-refractivity contribution is 5.91. The Balaban J connectivity index is 1.80. The minimum atomic E-state index is -0.622. The lowest BCUT2D eigenvalue weighted by Crippen LogP contribution is -2.42. The third kappa shape index (κ3) is 4.70. The van der Waals surface area contributed by atoms with E-state index in [1.165, 1.54) is 17.0 Å². The topological polar surface area (TPSA) is 59.5 Å². The fourth-order valence-electron chi connectivity index (χ4n) is 3.09. The molecule has 1 aromatic carbocycles. The van der Waals surface area contributed by atoms with Crippen LogP contribution in [0.2, 0.25) is 0 Å². The summed E-state index contributed by atoms with van der Waals surface area (Å²) in [6.45, 7) is 5.73. The minimum absolute atomic E-state index is 0.00109. The summed E-state index contributed by atoms with van der Waals surface area (Å²) in [6.07, 6.45) is 0.133. The van der Waals surface area contributed by atoms with E-state index in [0.29, 0.717) is 36.3 Å². The van der Waals surface area contributed by atoms with Gasteiger partial charge in [0, 0.05) is 30.6 Å². The van der Waals surface area contributed by atoms with Crippen LogP contribution in [0.1, 0.15) is 32.9 Å². The van der Waals surface area contributed by atoms with Crippen molar-refractivity contribution in [3.8, 4) is 11.3 Å². The molecule has 0 unspecified atom stereocenters. The number of ketones is 1. The van der Waals surface area contributed by atoms with Crippen molar-refractivity contribution in [1.29, 1.82) is 0 Å². The SMILES string of the molecule is CC(C)(C)OC(=O)N1CCC(=O)[C@@H]1Cc1cccc(-c2cccc(F)c2)n1. The number of likely N-dealkylation sites (tertiary alicyclic amines) is 1. The quantitative estimate of drug-likeness (QED) is 0.819. The van der Waals surface area contributed by atoms with Crippen LogP contribution in [-0.4, -0.2) is 39.9 Å². The minimum Gasteiger partial charge on any atom is -0.444 e. The van der Waals surface area contributed by atoms with E-state index in [4.69, 9.17) is 4.74 Å². The zero-order chi connectivity index (χ0) is 19.6. The second-order valence-corrected chi connectivity index (χ2v) is 7.63. The molecule has 27 heavy (non-hydrogen) atoms. The van der Waals surface area contributed by atoms with Gasteiger partial charge in [0.05, 0.1) is 11.7 Å². The van der Waals surface area contributed by atoms with Crippen LogP contribution in [0, 0.1) is 5.82 Å². The van der Waals surface area contributed by atoms with Gasteiger partial charge in [-0.1, -0.05) is 18.2 Å². The lowest BCUT2D eigenvalue weighted by atomic mass is 10.1. The summed E-state index contributed by atoms with van der Waals surface area (Å²) in [5.41, 5.74) is 1.34. The number of aromatic nitrogens is 1. The molecule has 1 atom stereocenters. The normalized spacial score (nSPS) is 17.3. The molecule has 5 nitrogen and oxygen atoms in total. The van der Waals surface area contributed by atoms with Gasteiger partial charge in [-0.15, -0.1) is 0 Å². The Morgan fingerprint density at radius 2 is 2.00 bits per heavy atom. The van der Waals surface area contributed by atoms with E-state index < -0.39 is 17.7 Å². The predicted molar refractivity (Wildman–Crippen MR) is 99.7 cm³/mol. The summed E-state index contributed by atoms with van der Waals surface area (Å²) in [5.74, 6) is -0.333. The van der Waals surface area contributed by atoms with Gasteiger partial charge < -0.3 is 4.74 Å². The molecule has 0 saturated carbocycles. The van der Waals surface area contributed by atoms with Crippen LogP contribution >= 0.6 is 0 Å². The monoisotopic (exact) mass is 370 g/mol. The van der Waals surface area contributed by atoms with Gasteiger partial charge in [0.1, 0.15) is 11.4 Å². The molecule has 1 amide bonds. The van der Waals surface area contributed by atoms with Crippen LogP contribution in [0.25, 0.3) is 11.3 Å². The van der Waals surface area contributed by atoms with Crippen molar-refractivity contribution in [2.45, 2.75) is 45.3 Å². The number of pyridine rings is 1. The number of nitrogens with zero attached hydrogens (tertiary/aromatic N) is 2. The van der Waals surface area contributed by atoms with Crippen LogP contribution in [0.4, 0.5) is 9.18 Å². The molecule has 0 N–H and O–H groups in total. The third-order valence-corrected chi connectivity index (χ3v) is 4.30. The standard InChI is InChI=1S/C21H23FN2O3/c1-21(2,3)27-20(26)24-11-10-19(25)18(24)13-16-8-5-9-17(23-16)14-6-4-7-15(22)12-14/h4-9,12,18H,10-11,13H2,1-3H3/t18-/m0/s1.